The molecule has 4 heteroatoms. The van der Waals surface area contributed by atoms with Gasteiger partial charge in [0.15, 0.2) is 0 Å². The first-order valence-corrected chi connectivity index (χ1v) is 5.73. The van der Waals surface area contributed by atoms with Crippen molar-refractivity contribution < 1.29 is 0 Å². The van der Waals surface area contributed by atoms with E-state index in [4.69, 9.17) is 0 Å². The number of aryl methyl sites for hydroxylation is 1. The topological polar surface area (TPSA) is 17.8 Å². The number of aromatic nitrogens is 2. The molecule has 0 unspecified atom stereocenters. The zero-order valence-electron chi connectivity index (χ0n) is 6.63. The van der Waals surface area contributed by atoms with Crippen LogP contribution in [0.25, 0.3) is 0 Å². The van der Waals surface area contributed by atoms with Gasteiger partial charge >= 0.3 is 0 Å². The molecule has 1 heterocycles. The summed E-state index contributed by atoms with van der Waals surface area (Å²) in [6.45, 7) is 1.04. The van der Waals surface area contributed by atoms with Gasteiger partial charge in [-0.25, -0.2) is 0 Å². The predicted molar refractivity (Wildman–Crippen MR) is 55.0 cm³/mol. The van der Waals surface area contributed by atoms with Gasteiger partial charge in [0.25, 0.3) is 0 Å². The maximum atomic E-state index is 4.30. The minimum Gasteiger partial charge on any atom is -0.257 e. The second-order valence-electron chi connectivity index (χ2n) is 3.24. The molecule has 0 aliphatic heterocycles. The van der Waals surface area contributed by atoms with E-state index < -0.39 is 0 Å². The fourth-order valence-corrected chi connectivity index (χ4v) is 2.42. The molecule has 0 atom stereocenters. The largest absolute Gasteiger partial charge is 0.257 e. The molecule has 1 aliphatic rings. The second kappa shape index (κ2) is 3.50. The zero-order valence-corrected chi connectivity index (χ0v) is 9.81. The highest BCUT2D eigenvalue weighted by atomic mass is 79.9. The van der Waals surface area contributed by atoms with Crippen molar-refractivity contribution in [3.05, 3.63) is 15.3 Å². The van der Waals surface area contributed by atoms with E-state index in [2.05, 4.69) is 37.0 Å². The molecule has 1 aromatic heterocycles. The summed E-state index contributed by atoms with van der Waals surface area (Å²) in [5.74, 6) is 0.972. The summed E-state index contributed by atoms with van der Waals surface area (Å²) in [6.07, 6.45) is 4.10. The van der Waals surface area contributed by atoms with Crippen LogP contribution in [-0.2, 0) is 6.54 Å². The molecule has 2 rings (SSSR count). The highest BCUT2D eigenvalue weighted by Gasteiger charge is 2.21. The van der Waals surface area contributed by atoms with Crippen molar-refractivity contribution in [1.82, 2.24) is 9.78 Å². The molecule has 0 N–H and O–H groups in total. The quantitative estimate of drug-likeness (QED) is 0.837. The molecule has 1 fully saturated rings. The van der Waals surface area contributed by atoms with Crippen LogP contribution in [0.4, 0.5) is 0 Å². The van der Waals surface area contributed by atoms with Crippen LogP contribution in [-0.4, -0.2) is 9.78 Å². The van der Waals surface area contributed by atoms with Gasteiger partial charge in [-0.1, -0.05) is 12.8 Å². The first-order valence-electron chi connectivity index (χ1n) is 4.14. The van der Waals surface area contributed by atoms with Gasteiger partial charge in [0, 0.05) is 12.6 Å². The number of hydrogen-bond donors (Lipinski definition) is 0. The third-order valence-electron chi connectivity index (χ3n) is 2.15. The van der Waals surface area contributed by atoms with Gasteiger partial charge in [-0.3, -0.25) is 4.68 Å². The summed E-state index contributed by atoms with van der Waals surface area (Å²) in [5.41, 5.74) is 0. The molecular weight excluding hydrogens is 284 g/mol. The second-order valence-corrected chi connectivity index (χ2v) is 4.87. The van der Waals surface area contributed by atoms with Gasteiger partial charge in [0.05, 0.1) is 0 Å². The Hall–Kier alpha value is 0.170. The average molecular weight is 294 g/mol. The molecule has 2 nitrogen and oxygen atoms in total. The molecule has 1 aromatic rings. The molecule has 1 saturated carbocycles. The molecule has 12 heavy (non-hydrogen) atoms. The van der Waals surface area contributed by atoms with E-state index in [9.17, 15) is 0 Å². The SMILES string of the molecule is Brc1cc(Br)n(CCC2CC2)n1. The molecular formula is C8H10Br2N2. The highest BCUT2D eigenvalue weighted by molar-refractivity contribution is 9.11. The Kier molecular flexibility index (Phi) is 2.55. The van der Waals surface area contributed by atoms with Crippen LogP contribution in [0.15, 0.2) is 15.3 Å². The van der Waals surface area contributed by atoms with E-state index in [0.717, 1.165) is 21.7 Å². The summed E-state index contributed by atoms with van der Waals surface area (Å²) in [7, 11) is 0. The van der Waals surface area contributed by atoms with E-state index in [1.54, 1.807) is 0 Å². The van der Waals surface area contributed by atoms with Gasteiger partial charge in [0.1, 0.15) is 9.21 Å². The van der Waals surface area contributed by atoms with Crippen LogP contribution < -0.4 is 0 Å². The Morgan fingerprint density at radius 3 is 2.75 bits per heavy atom. The fraction of sp³-hybridized carbons (Fsp3) is 0.625. The van der Waals surface area contributed by atoms with Crippen LogP contribution in [0.1, 0.15) is 19.3 Å². The van der Waals surface area contributed by atoms with Crippen molar-refractivity contribution in [2.45, 2.75) is 25.8 Å². The number of hydrogen-bond acceptors (Lipinski definition) is 1. The smallest absolute Gasteiger partial charge is 0.129 e. The highest BCUT2D eigenvalue weighted by Crippen LogP contribution is 2.33. The Morgan fingerprint density at radius 2 is 2.25 bits per heavy atom. The summed E-state index contributed by atoms with van der Waals surface area (Å²) < 4.78 is 3.97. The lowest BCUT2D eigenvalue weighted by Crippen LogP contribution is -2.00. The van der Waals surface area contributed by atoms with Crippen molar-refractivity contribution in [1.29, 1.82) is 0 Å². The van der Waals surface area contributed by atoms with Gasteiger partial charge in [-0.05, 0) is 44.2 Å². The Morgan fingerprint density at radius 1 is 1.50 bits per heavy atom. The summed E-state index contributed by atoms with van der Waals surface area (Å²) in [4.78, 5) is 0. The van der Waals surface area contributed by atoms with Gasteiger partial charge in [-0.2, -0.15) is 5.10 Å². The van der Waals surface area contributed by atoms with Crippen LogP contribution in [0.2, 0.25) is 0 Å². The van der Waals surface area contributed by atoms with Gasteiger partial charge in [-0.15, -0.1) is 0 Å². The number of rotatable bonds is 3. The average Bonchev–Trinajstić information content (AvgIpc) is 2.76. The van der Waals surface area contributed by atoms with E-state index in [1.807, 2.05) is 10.7 Å². The lowest BCUT2D eigenvalue weighted by molar-refractivity contribution is 0.536. The Balaban J connectivity index is 1.96. The summed E-state index contributed by atoms with van der Waals surface area (Å²) >= 11 is 6.80. The molecule has 1 aliphatic carbocycles. The molecule has 0 spiro atoms. The van der Waals surface area contributed by atoms with E-state index in [-0.39, 0.29) is 0 Å². The van der Waals surface area contributed by atoms with Crippen LogP contribution >= 0.6 is 31.9 Å². The standard InChI is InChI=1S/C8H10Br2N2/c9-7-5-8(10)12(11-7)4-3-6-1-2-6/h5-6H,1-4H2. The van der Waals surface area contributed by atoms with Crippen LogP contribution in [0, 0.1) is 5.92 Å². The van der Waals surface area contributed by atoms with Crippen molar-refractivity contribution >= 4 is 31.9 Å². The third kappa shape index (κ3) is 2.10. The Bertz CT molecular complexity index is 279. The van der Waals surface area contributed by atoms with Crippen molar-refractivity contribution in [2.24, 2.45) is 5.92 Å². The maximum Gasteiger partial charge on any atom is 0.129 e. The minimum atomic E-state index is 0.908. The summed E-state index contributed by atoms with van der Waals surface area (Å²) in [6, 6.07) is 1.98. The number of nitrogens with zero attached hydrogens (tertiary/aromatic N) is 2. The normalized spacial score (nSPS) is 16.8. The van der Waals surface area contributed by atoms with E-state index >= 15 is 0 Å². The zero-order chi connectivity index (χ0) is 8.55. The molecule has 0 radical (unpaired) electrons. The first-order chi connectivity index (χ1) is 5.75. The van der Waals surface area contributed by atoms with Crippen LogP contribution in [0.3, 0.4) is 0 Å². The molecule has 0 bridgehead atoms. The van der Waals surface area contributed by atoms with Gasteiger partial charge < -0.3 is 0 Å². The van der Waals surface area contributed by atoms with Crippen molar-refractivity contribution in [3.8, 4) is 0 Å². The van der Waals surface area contributed by atoms with Crippen molar-refractivity contribution in [2.75, 3.05) is 0 Å². The molecule has 0 aromatic carbocycles. The van der Waals surface area contributed by atoms with E-state index in [0.29, 0.717) is 0 Å². The van der Waals surface area contributed by atoms with Gasteiger partial charge in [0.2, 0.25) is 0 Å². The maximum absolute atomic E-state index is 4.30. The van der Waals surface area contributed by atoms with E-state index in [1.165, 1.54) is 19.3 Å². The first kappa shape index (κ1) is 8.75. The molecule has 0 amide bonds. The Labute approximate surface area is 88.6 Å². The third-order valence-corrected chi connectivity index (χ3v) is 3.17. The fourth-order valence-electron chi connectivity index (χ4n) is 1.23. The van der Waals surface area contributed by atoms with Crippen LogP contribution in [0.5, 0.6) is 0 Å². The molecule has 0 saturated heterocycles. The van der Waals surface area contributed by atoms with Crippen molar-refractivity contribution in [3.63, 3.8) is 0 Å². The molecule has 66 valence electrons. The number of halogens is 2. The lowest BCUT2D eigenvalue weighted by Gasteiger charge is -2.00. The minimum absolute atomic E-state index is 0.908. The monoisotopic (exact) mass is 292 g/mol. The summed E-state index contributed by atoms with van der Waals surface area (Å²) in [5, 5.41) is 4.30. The predicted octanol–water partition coefficient (Wildman–Crippen LogP) is 3.21. The lowest BCUT2D eigenvalue weighted by atomic mass is 10.3.